The molecule has 112 valence electrons. The number of anilines is 1. The quantitative estimate of drug-likeness (QED) is 0.651. The first kappa shape index (κ1) is 15.0. The molecule has 1 heterocycles. The first-order chi connectivity index (χ1) is 10.7. The van der Waals surface area contributed by atoms with Crippen LogP contribution in [0.2, 0.25) is 0 Å². The van der Waals surface area contributed by atoms with Gasteiger partial charge in [-0.1, -0.05) is 30.3 Å². The van der Waals surface area contributed by atoms with E-state index in [0.717, 1.165) is 25.9 Å². The number of rotatable bonds is 4. The zero-order chi connectivity index (χ0) is 15.5. The third-order valence-electron chi connectivity index (χ3n) is 3.35. The Labute approximate surface area is 141 Å². The maximum absolute atomic E-state index is 12.4. The third kappa shape index (κ3) is 2.97. The molecule has 0 saturated heterocycles. The number of carbonyl (C=O) groups excluding carboxylic acids is 1. The van der Waals surface area contributed by atoms with Crippen LogP contribution in [0, 0.1) is 3.70 Å². The lowest BCUT2D eigenvalue weighted by Crippen LogP contribution is -2.22. The van der Waals surface area contributed by atoms with E-state index in [1.807, 2.05) is 48.5 Å². The third-order valence-corrected chi connectivity index (χ3v) is 4.17. The van der Waals surface area contributed by atoms with Crippen molar-refractivity contribution in [1.82, 2.24) is 10.2 Å². The number of nitrogens with one attached hydrogen (secondary N) is 2. The molecular formula is C16H14IN3O2. The highest BCUT2D eigenvalue weighted by Crippen LogP contribution is 2.23. The molecular weight excluding hydrogens is 393 g/mol. The summed E-state index contributed by atoms with van der Waals surface area (Å²) < 4.78 is 6.27. The monoisotopic (exact) mass is 407 g/mol. The number of benzene rings is 2. The molecule has 1 atom stereocenters. The minimum Gasteiger partial charge on any atom is -0.367 e. The molecule has 3 aromatic rings. The van der Waals surface area contributed by atoms with E-state index in [1.165, 1.54) is 7.11 Å². The van der Waals surface area contributed by atoms with Gasteiger partial charge < -0.3 is 10.1 Å². The highest BCUT2D eigenvalue weighted by atomic mass is 127. The number of hydrogen-bond acceptors (Lipinski definition) is 3. The fourth-order valence-corrected chi connectivity index (χ4v) is 2.84. The predicted octanol–water partition coefficient (Wildman–Crippen LogP) is 3.49. The Morgan fingerprint density at radius 2 is 2.05 bits per heavy atom. The van der Waals surface area contributed by atoms with Crippen LogP contribution in [0.3, 0.4) is 0 Å². The summed E-state index contributed by atoms with van der Waals surface area (Å²) in [6, 6.07) is 15.0. The lowest BCUT2D eigenvalue weighted by Gasteiger charge is -2.15. The maximum atomic E-state index is 12.4. The van der Waals surface area contributed by atoms with Gasteiger partial charge in [-0.05, 0) is 46.4 Å². The van der Waals surface area contributed by atoms with Gasteiger partial charge >= 0.3 is 0 Å². The molecule has 2 N–H and O–H groups in total. The van der Waals surface area contributed by atoms with E-state index in [2.05, 4.69) is 38.1 Å². The fraction of sp³-hybridized carbons (Fsp3) is 0.125. The van der Waals surface area contributed by atoms with Gasteiger partial charge in [0.05, 0.1) is 5.52 Å². The van der Waals surface area contributed by atoms with Crippen LogP contribution in [-0.4, -0.2) is 23.2 Å². The zero-order valence-electron chi connectivity index (χ0n) is 11.8. The smallest absolute Gasteiger partial charge is 0.258 e. The molecule has 0 bridgehead atoms. The molecule has 0 fully saturated rings. The number of fused-ring (bicyclic) bond motifs is 1. The molecule has 0 aliphatic carbocycles. The summed E-state index contributed by atoms with van der Waals surface area (Å²) in [7, 11) is 1.53. The standard InChI is InChI=1S/C16H14IN3O2/c1-22-14(10-5-3-2-4-6-10)16(21)18-11-7-8-13-12(9-11)15(17)20-19-13/h2-9,14H,1H3,(H,18,21)(H,19,20). The van der Waals surface area contributed by atoms with Crippen LogP contribution in [0.15, 0.2) is 48.5 Å². The van der Waals surface area contributed by atoms with Crippen molar-refractivity contribution in [3.63, 3.8) is 0 Å². The summed E-state index contributed by atoms with van der Waals surface area (Å²) in [5.74, 6) is -0.202. The Bertz CT molecular complexity index is 802. The van der Waals surface area contributed by atoms with E-state index in [9.17, 15) is 4.79 Å². The van der Waals surface area contributed by atoms with Crippen LogP contribution in [0.1, 0.15) is 11.7 Å². The van der Waals surface area contributed by atoms with Crippen LogP contribution in [0.4, 0.5) is 5.69 Å². The summed E-state index contributed by atoms with van der Waals surface area (Å²) in [5.41, 5.74) is 2.41. The van der Waals surface area contributed by atoms with Crippen LogP contribution >= 0.6 is 22.6 Å². The van der Waals surface area contributed by atoms with Crippen molar-refractivity contribution in [3.05, 3.63) is 57.8 Å². The Kier molecular flexibility index (Phi) is 4.39. The number of halogens is 1. The number of methoxy groups -OCH3 is 1. The van der Waals surface area contributed by atoms with E-state index in [-0.39, 0.29) is 5.91 Å². The Hall–Kier alpha value is -1.93. The van der Waals surface area contributed by atoms with Gasteiger partial charge in [-0.25, -0.2) is 0 Å². The first-order valence-electron chi connectivity index (χ1n) is 6.71. The second-order valence-corrected chi connectivity index (χ2v) is 5.86. The summed E-state index contributed by atoms with van der Waals surface area (Å²) >= 11 is 2.18. The number of carbonyl (C=O) groups is 1. The van der Waals surface area contributed by atoms with Gasteiger partial charge in [0.1, 0.15) is 3.70 Å². The van der Waals surface area contributed by atoms with Gasteiger partial charge in [-0.15, -0.1) is 0 Å². The number of hydrogen-bond donors (Lipinski definition) is 2. The SMILES string of the molecule is COC(C(=O)Nc1ccc2n[nH]c(I)c2c1)c1ccccc1. The number of aromatic nitrogens is 2. The van der Waals surface area contributed by atoms with Crippen molar-refractivity contribution in [2.24, 2.45) is 0 Å². The van der Waals surface area contributed by atoms with E-state index in [0.29, 0.717) is 0 Å². The molecule has 0 aliphatic rings. The van der Waals surface area contributed by atoms with Crippen LogP contribution in [0.5, 0.6) is 0 Å². The largest absolute Gasteiger partial charge is 0.367 e. The summed E-state index contributed by atoms with van der Waals surface area (Å²) in [5, 5.41) is 11.0. The highest BCUT2D eigenvalue weighted by Gasteiger charge is 2.20. The van der Waals surface area contributed by atoms with E-state index >= 15 is 0 Å². The van der Waals surface area contributed by atoms with E-state index < -0.39 is 6.10 Å². The average Bonchev–Trinajstić information content (AvgIpc) is 2.90. The van der Waals surface area contributed by atoms with Crippen LogP contribution < -0.4 is 5.32 Å². The number of nitrogens with zero attached hydrogens (tertiary/aromatic N) is 1. The summed E-state index contributed by atoms with van der Waals surface area (Å²) in [6.45, 7) is 0. The number of aromatic amines is 1. The summed E-state index contributed by atoms with van der Waals surface area (Å²) in [4.78, 5) is 12.4. The molecule has 3 rings (SSSR count). The van der Waals surface area contributed by atoms with Crippen molar-refractivity contribution in [1.29, 1.82) is 0 Å². The van der Waals surface area contributed by atoms with Gasteiger partial charge in [0.25, 0.3) is 5.91 Å². The van der Waals surface area contributed by atoms with Crippen LogP contribution in [0.25, 0.3) is 10.9 Å². The van der Waals surface area contributed by atoms with Crippen molar-refractivity contribution < 1.29 is 9.53 Å². The average molecular weight is 407 g/mol. The zero-order valence-corrected chi connectivity index (χ0v) is 14.0. The Morgan fingerprint density at radius 3 is 2.77 bits per heavy atom. The van der Waals surface area contributed by atoms with E-state index in [1.54, 1.807) is 0 Å². The minimum atomic E-state index is -0.639. The van der Waals surface area contributed by atoms with Crippen molar-refractivity contribution in [2.75, 3.05) is 12.4 Å². The Balaban J connectivity index is 1.83. The van der Waals surface area contributed by atoms with Gasteiger partial charge in [-0.3, -0.25) is 9.89 Å². The molecule has 0 saturated carbocycles. The maximum Gasteiger partial charge on any atom is 0.258 e. The molecule has 1 aromatic heterocycles. The van der Waals surface area contributed by atoms with Crippen LogP contribution in [-0.2, 0) is 9.53 Å². The van der Waals surface area contributed by atoms with Gasteiger partial charge in [0.2, 0.25) is 0 Å². The number of ether oxygens (including phenoxy) is 1. The normalized spacial score (nSPS) is 12.3. The van der Waals surface area contributed by atoms with Crippen molar-refractivity contribution >= 4 is 45.1 Å². The second-order valence-electron chi connectivity index (χ2n) is 4.79. The molecule has 22 heavy (non-hydrogen) atoms. The minimum absolute atomic E-state index is 0.202. The Morgan fingerprint density at radius 1 is 1.27 bits per heavy atom. The molecule has 1 unspecified atom stereocenters. The molecule has 0 aliphatic heterocycles. The van der Waals surface area contributed by atoms with Gasteiger partial charge in [0, 0.05) is 18.2 Å². The predicted molar refractivity (Wildman–Crippen MR) is 93.6 cm³/mol. The molecule has 0 spiro atoms. The lowest BCUT2D eigenvalue weighted by molar-refractivity contribution is -0.126. The molecule has 1 amide bonds. The van der Waals surface area contributed by atoms with E-state index in [4.69, 9.17) is 4.74 Å². The summed E-state index contributed by atoms with van der Waals surface area (Å²) in [6.07, 6.45) is -0.639. The van der Waals surface area contributed by atoms with Crippen molar-refractivity contribution in [2.45, 2.75) is 6.10 Å². The molecule has 5 nitrogen and oxygen atoms in total. The molecule has 6 heteroatoms. The molecule has 0 radical (unpaired) electrons. The van der Waals surface area contributed by atoms with Gasteiger partial charge in [0.15, 0.2) is 6.10 Å². The first-order valence-corrected chi connectivity index (χ1v) is 7.79. The number of H-pyrrole nitrogens is 1. The fourth-order valence-electron chi connectivity index (χ4n) is 2.29. The topological polar surface area (TPSA) is 67.0 Å². The van der Waals surface area contributed by atoms with Crippen molar-refractivity contribution in [3.8, 4) is 0 Å². The highest BCUT2D eigenvalue weighted by molar-refractivity contribution is 14.1. The van der Waals surface area contributed by atoms with Gasteiger partial charge in [-0.2, -0.15) is 5.10 Å². The molecule has 2 aromatic carbocycles. The number of amides is 1. The lowest BCUT2D eigenvalue weighted by atomic mass is 10.1. The second kappa shape index (κ2) is 6.45.